The largest absolute Gasteiger partial charge is 0.338 e. The van der Waals surface area contributed by atoms with Crippen LogP contribution in [-0.2, 0) is 6.54 Å². The lowest BCUT2D eigenvalue weighted by atomic mass is 10.2. The highest BCUT2D eigenvalue weighted by atomic mass is 32.2. The van der Waals surface area contributed by atoms with Gasteiger partial charge in [0, 0.05) is 16.8 Å². The van der Waals surface area contributed by atoms with Crippen molar-refractivity contribution in [1.29, 1.82) is 0 Å². The third-order valence-electron chi connectivity index (χ3n) is 3.02. The van der Waals surface area contributed by atoms with Crippen LogP contribution in [0, 0.1) is 5.92 Å². The summed E-state index contributed by atoms with van der Waals surface area (Å²) in [5, 5.41) is 8.52. The van der Waals surface area contributed by atoms with Gasteiger partial charge in [0.15, 0.2) is 5.82 Å². The third kappa shape index (κ3) is 4.39. The molecular formula is C13H23N3OS2. The van der Waals surface area contributed by atoms with Gasteiger partial charge in [0.05, 0.1) is 11.8 Å². The summed E-state index contributed by atoms with van der Waals surface area (Å²) in [4.78, 5) is 4.55. The first-order chi connectivity index (χ1) is 9.20. The van der Waals surface area contributed by atoms with Gasteiger partial charge >= 0.3 is 0 Å². The van der Waals surface area contributed by atoms with Crippen molar-refractivity contribution >= 4 is 23.5 Å². The smallest absolute Gasteiger partial charge is 0.240 e. The summed E-state index contributed by atoms with van der Waals surface area (Å²) in [6, 6.07) is 0. The van der Waals surface area contributed by atoms with Gasteiger partial charge in [-0.05, 0) is 18.9 Å². The molecule has 4 nitrogen and oxygen atoms in total. The van der Waals surface area contributed by atoms with Crippen molar-refractivity contribution in [3.63, 3.8) is 0 Å². The number of nitrogens with zero attached hydrogens (tertiary/aromatic N) is 2. The van der Waals surface area contributed by atoms with Crippen LogP contribution < -0.4 is 5.32 Å². The SMILES string of the molecule is CCC1SCCSC1c1noc(CNCC(C)C)n1. The minimum absolute atomic E-state index is 0.395. The van der Waals surface area contributed by atoms with Gasteiger partial charge in [-0.25, -0.2) is 0 Å². The average Bonchev–Trinajstić information content (AvgIpc) is 2.87. The molecule has 1 aromatic rings. The number of nitrogens with one attached hydrogen (secondary N) is 1. The summed E-state index contributed by atoms with van der Waals surface area (Å²) < 4.78 is 5.35. The van der Waals surface area contributed by atoms with Crippen molar-refractivity contribution in [3.8, 4) is 0 Å². The Labute approximate surface area is 123 Å². The first-order valence-electron chi connectivity index (χ1n) is 6.97. The summed E-state index contributed by atoms with van der Waals surface area (Å²) in [7, 11) is 0. The molecule has 1 fully saturated rings. The molecule has 0 aliphatic carbocycles. The van der Waals surface area contributed by atoms with E-state index in [2.05, 4.69) is 36.2 Å². The average molecular weight is 301 g/mol. The van der Waals surface area contributed by atoms with E-state index in [1.807, 2.05) is 23.5 Å². The number of thioether (sulfide) groups is 2. The molecule has 0 radical (unpaired) electrons. The van der Waals surface area contributed by atoms with Crippen molar-refractivity contribution in [3.05, 3.63) is 11.7 Å². The Morgan fingerprint density at radius 1 is 1.37 bits per heavy atom. The molecule has 0 bridgehead atoms. The Balaban J connectivity index is 1.91. The lowest BCUT2D eigenvalue weighted by Gasteiger charge is -2.27. The number of hydrogen-bond acceptors (Lipinski definition) is 6. The molecular weight excluding hydrogens is 278 g/mol. The number of aromatic nitrogens is 2. The van der Waals surface area contributed by atoms with Crippen LogP contribution in [0.25, 0.3) is 0 Å². The molecule has 2 unspecified atom stereocenters. The summed E-state index contributed by atoms with van der Waals surface area (Å²) in [6.07, 6.45) is 1.16. The molecule has 2 heterocycles. The lowest BCUT2D eigenvalue weighted by Crippen LogP contribution is -2.20. The maximum atomic E-state index is 5.35. The van der Waals surface area contributed by atoms with E-state index in [1.54, 1.807) is 0 Å². The van der Waals surface area contributed by atoms with E-state index in [-0.39, 0.29) is 0 Å². The predicted molar refractivity (Wildman–Crippen MR) is 82.6 cm³/mol. The Kier molecular flexibility index (Phi) is 6.04. The zero-order valence-corrected chi connectivity index (χ0v) is 13.5. The minimum Gasteiger partial charge on any atom is -0.338 e. The van der Waals surface area contributed by atoms with E-state index in [4.69, 9.17) is 4.52 Å². The van der Waals surface area contributed by atoms with E-state index >= 15 is 0 Å². The normalized spacial score (nSPS) is 24.0. The second-order valence-electron chi connectivity index (χ2n) is 5.18. The van der Waals surface area contributed by atoms with Crippen LogP contribution in [0.15, 0.2) is 4.52 Å². The monoisotopic (exact) mass is 301 g/mol. The van der Waals surface area contributed by atoms with E-state index in [0.29, 0.717) is 28.9 Å². The van der Waals surface area contributed by atoms with Crippen LogP contribution in [0.3, 0.4) is 0 Å². The van der Waals surface area contributed by atoms with Crippen molar-refractivity contribution < 1.29 is 4.52 Å². The standard InChI is InChI=1S/C13H23N3OS2/c1-4-10-12(19-6-5-18-10)13-15-11(17-16-13)8-14-7-9(2)3/h9-10,12,14H,4-8H2,1-3H3. The number of hydrogen-bond donors (Lipinski definition) is 1. The van der Waals surface area contributed by atoms with Gasteiger partial charge in [-0.2, -0.15) is 16.7 Å². The molecule has 2 rings (SSSR count). The lowest BCUT2D eigenvalue weighted by molar-refractivity contribution is 0.359. The van der Waals surface area contributed by atoms with Crippen molar-refractivity contribution in [1.82, 2.24) is 15.5 Å². The molecule has 19 heavy (non-hydrogen) atoms. The van der Waals surface area contributed by atoms with Crippen LogP contribution in [0.4, 0.5) is 0 Å². The van der Waals surface area contributed by atoms with Crippen LogP contribution >= 0.6 is 23.5 Å². The van der Waals surface area contributed by atoms with Gasteiger partial charge in [-0.15, -0.1) is 11.8 Å². The maximum absolute atomic E-state index is 5.35. The van der Waals surface area contributed by atoms with E-state index in [9.17, 15) is 0 Å². The summed E-state index contributed by atoms with van der Waals surface area (Å²) in [5.41, 5.74) is 0. The van der Waals surface area contributed by atoms with Gasteiger partial charge in [-0.3, -0.25) is 0 Å². The Bertz CT molecular complexity index is 384. The molecule has 1 aliphatic rings. The minimum atomic E-state index is 0.395. The summed E-state index contributed by atoms with van der Waals surface area (Å²) >= 11 is 4.00. The molecule has 1 aromatic heterocycles. The van der Waals surface area contributed by atoms with Crippen LogP contribution in [-0.4, -0.2) is 33.4 Å². The first kappa shape index (κ1) is 15.2. The second kappa shape index (κ2) is 7.55. The zero-order valence-electron chi connectivity index (χ0n) is 11.9. The molecule has 1 N–H and O–H groups in total. The molecule has 1 saturated heterocycles. The molecule has 0 saturated carbocycles. The highest BCUT2D eigenvalue weighted by molar-refractivity contribution is 8.06. The molecule has 108 valence electrons. The molecule has 1 aliphatic heterocycles. The van der Waals surface area contributed by atoms with Gasteiger partial charge in [0.25, 0.3) is 0 Å². The maximum Gasteiger partial charge on any atom is 0.240 e. The zero-order chi connectivity index (χ0) is 13.7. The topological polar surface area (TPSA) is 51.0 Å². The predicted octanol–water partition coefficient (Wildman–Crippen LogP) is 3.11. The van der Waals surface area contributed by atoms with Crippen molar-refractivity contribution in [2.75, 3.05) is 18.1 Å². The molecule has 0 aromatic carbocycles. The number of rotatable bonds is 6. The van der Waals surface area contributed by atoms with Crippen molar-refractivity contribution in [2.45, 2.75) is 44.2 Å². The first-order valence-corrected chi connectivity index (χ1v) is 9.06. The highest BCUT2D eigenvalue weighted by Crippen LogP contribution is 2.42. The summed E-state index contributed by atoms with van der Waals surface area (Å²) in [6.45, 7) is 8.26. The van der Waals surface area contributed by atoms with Crippen molar-refractivity contribution in [2.24, 2.45) is 5.92 Å². The van der Waals surface area contributed by atoms with Gasteiger partial charge in [0.2, 0.25) is 5.89 Å². The van der Waals surface area contributed by atoms with E-state index in [0.717, 1.165) is 18.8 Å². The fourth-order valence-corrected chi connectivity index (χ4v) is 5.05. The molecule has 0 amide bonds. The fraction of sp³-hybridized carbons (Fsp3) is 0.846. The quantitative estimate of drug-likeness (QED) is 0.871. The Hall–Kier alpha value is -0.200. The Morgan fingerprint density at radius 2 is 2.16 bits per heavy atom. The van der Waals surface area contributed by atoms with E-state index < -0.39 is 0 Å². The van der Waals surface area contributed by atoms with Crippen LogP contribution in [0.1, 0.15) is 44.2 Å². The fourth-order valence-electron chi connectivity index (χ4n) is 2.07. The van der Waals surface area contributed by atoms with Crippen LogP contribution in [0.2, 0.25) is 0 Å². The molecule has 6 heteroatoms. The Morgan fingerprint density at radius 3 is 2.89 bits per heavy atom. The third-order valence-corrected chi connectivity index (χ3v) is 6.26. The second-order valence-corrected chi connectivity index (χ2v) is 7.78. The summed E-state index contributed by atoms with van der Waals surface area (Å²) in [5.74, 6) is 4.64. The van der Waals surface area contributed by atoms with E-state index in [1.165, 1.54) is 11.5 Å². The molecule has 2 atom stereocenters. The van der Waals surface area contributed by atoms with Gasteiger partial charge in [0.1, 0.15) is 0 Å². The highest BCUT2D eigenvalue weighted by Gasteiger charge is 2.30. The van der Waals surface area contributed by atoms with Gasteiger partial charge in [-0.1, -0.05) is 25.9 Å². The van der Waals surface area contributed by atoms with Gasteiger partial charge < -0.3 is 9.84 Å². The van der Waals surface area contributed by atoms with Crippen LogP contribution in [0.5, 0.6) is 0 Å². The molecule has 0 spiro atoms.